The Kier molecular flexibility index (Phi) is 4.57. The Morgan fingerprint density at radius 3 is 2.62 bits per heavy atom. The molecule has 0 saturated heterocycles. The van der Waals surface area contributed by atoms with Gasteiger partial charge in [-0.05, 0) is 68.9 Å². The zero-order valence-electron chi connectivity index (χ0n) is 14.7. The molecule has 0 aliphatic heterocycles. The van der Waals surface area contributed by atoms with E-state index in [2.05, 4.69) is 5.10 Å². The van der Waals surface area contributed by atoms with Crippen LogP contribution in [0.1, 0.15) is 36.9 Å². The molecule has 1 aromatic heterocycles. The van der Waals surface area contributed by atoms with Gasteiger partial charge in [0.05, 0.1) is 11.4 Å². The van der Waals surface area contributed by atoms with Crippen LogP contribution >= 0.6 is 11.6 Å². The summed E-state index contributed by atoms with van der Waals surface area (Å²) in [4.78, 5) is 14.6. The van der Waals surface area contributed by atoms with Crippen molar-refractivity contribution in [1.82, 2.24) is 14.7 Å². The first-order chi connectivity index (χ1) is 12.5. The van der Waals surface area contributed by atoms with E-state index in [9.17, 15) is 9.18 Å². The number of rotatable bonds is 6. The van der Waals surface area contributed by atoms with Gasteiger partial charge < -0.3 is 4.90 Å². The average molecular weight is 374 g/mol. The van der Waals surface area contributed by atoms with E-state index < -0.39 is 0 Å². The lowest BCUT2D eigenvalue weighted by molar-refractivity contribution is -0.126. The van der Waals surface area contributed by atoms with Crippen molar-refractivity contribution in [1.29, 1.82) is 0 Å². The van der Waals surface area contributed by atoms with Crippen LogP contribution < -0.4 is 0 Å². The molecule has 2 fully saturated rings. The predicted octanol–water partition coefficient (Wildman–Crippen LogP) is 4.39. The Hall–Kier alpha value is -2.14. The summed E-state index contributed by atoms with van der Waals surface area (Å²) in [5.74, 6) is 0.416. The summed E-state index contributed by atoms with van der Waals surface area (Å²) in [5.41, 5.74) is 2.12. The lowest BCUT2D eigenvalue weighted by atomic mass is 10.2. The molecule has 2 aliphatic rings. The molecule has 2 aliphatic carbocycles. The lowest BCUT2D eigenvalue weighted by Gasteiger charge is -2.20. The lowest BCUT2D eigenvalue weighted by Crippen LogP contribution is -2.33. The monoisotopic (exact) mass is 373 g/mol. The molecule has 26 heavy (non-hydrogen) atoms. The fourth-order valence-electron chi connectivity index (χ4n) is 3.09. The smallest absolute Gasteiger partial charge is 0.246 e. The summed E-state index contributed by atoms with van der Waals surface area (Å²) >= 11 is 6.47. The fourth-order valence-corrected chi connectivity index (χ4v) is 3.42. The van der Waals surface area contributed by atoms with Crippen LogP contribution in [-0.2, 0) is 4.79 Å². The van der Waals surface area contributed by atoms with Crippen LogP contribution in [0.5, 0.6) is 0 Å². The molecule has 0 radical (unpaired) electrons. The van der Waals surface area contributed by atoms with Crippen molar-refractivity contribution < 1.29 is 9.18 Å². The molecule has 1 aromatic carbocycles. The second-order valence-corrected chi connectivity index (χ2v) is 7.53. The van der Waals surface area contributed by atoms with E-state index in [1.54, 1.807) is 29.0 Å². The van der Waals surface area contributed by atoms with Gasteiger partial charge in [0.2, 0.25) is 5.91 Å². The molecule has 4 rings (SSSR count). The fraction of sp³-hybridized carbons (Fsp3) is 0.400. The van der Waals surface area contributed by atoms with Gasteiger partial charge in [0, 0.05) is 24.2 Å². The van der Waals surface area contributed by atoms with Gasteiger partial charge in [-0.1, -0.05) is 11.6 Å². The molecule has 0 bridgehead atoms. The van der Waals surface area contributed by atoms with Gasteiger partial charge in [-0.15, -0.1) is 0 Å². The number of aryl methyl sites for hydroxylation is 1. The first kappa shape index (κ1) is 17.3. The van der Waals surface area contributed by atoms with E-state index in [0.717, 1.165) is 25.1 Å². The van der Waals surface area contributed by atoms with Gasteiger partial charge in [0.1, 0.15) is 11.0 Å². The molecule has 0 unspecified atom stereocenters. The molecule has 6 heteroatoms. The Bertz CT molecular complexity index is 851. The van der Waals surface area contributed by atoms with Crippen LogP contribution in [0.25, 0.3) is 11.8 Å². The van der Waals surface area contributed by atoms with Gasteiger partial charge in [0.25, 0.3) is 0 Å². The SMILES string of the molecule is Cc1nn(-c2ccc(F)cc2)c(Cl)c1/C=C/C(=O)N(CC1CC1)C1CC1. The molecule has 136 valence electrons. The molecular weight excluding hydrogens is 353 g/mol. The standard InChI is InChI=1S/C20H21ClFN3O/c1-13-18(20(21)25(23-13)17-6-4-15(22)5-7-17)10-11-19(26)24(16-8-9-16)12-14-2-3-14/h4-7,10-11,14,16H,2-3,8-9,12H2,1H3/b11-10+. The van der Waals surface area contributed by atoms with E-state index in [4.69, 9.17) is 11.6 Å². The second kappa shape index (κ2) is 6.88. The Morgan fingerprint density at radius 2 is 2.00 bits per heavy atom. The molecular formula is C20H21ClFN3O. The maximum atomic E-state index is 13.1. The Labute approximate surface area is 157 Å². The van der Waals surface area contributed by atoms with Gasteiger partial charge in [-0.2, -0.15) is 5.10 Å². The van der Waals surface area contributed by atoms with Crippen LogP contribution in [0, 0.1) is 18.7 Å². The number of halogens is 2. The van der Waals surface area contributed by atoms with Crippen LogP contribution in [0.3, 0.4) is 0 Å². The molecule has 2 saturated carbocycles. The summed E-state index contributed by atoms with van der Waals surface area (Å²) in [7, 11) is 0. The van der Waals surface area contributed by atoms with Crippen molar-refractivity contribution in [3.05, 3.63) is 52.6 Å². The predicted molar refractivity (Wildman–Crippen MR) is 99.8 cm³/mol. The maximum absolute atomic E-state index is 13.1. The highest BCUT2D eigenvalue weighted by Crippen LogP contribution is 2.35. The number of aromatic nitrogens is 2. The second-order valence-electron chi connectivity index (χ2n) is 7.18. The molecule has 1 amide bonds. The van der Waals surface area contributed by atoms with Crippen molar-refractivity contribution in [3.63, 3.8) is 0 Å². The van der Waals surface area contributed by atoms with Gasteiger partial charge in [-0.3, -0.25) is 4.79 Å². The van der Waals surface area contributed by atoms with Gasteiger partial charge >= 0.3 is 0 Å². The first-order valence-corrected chi connectivity index (χ1v) is 9.40. The molecule has 4 nitrogen and oxygen atoms in total. The molecule has 0 N–H and O–H groups in total. The van der Waals surface area contributed by atoms with Crippen LogP contribution in [0.4, 0.5) is 4.39 Å². The van der Waals surface area contributed by atoms with Crippen molar-refractivity contribution in [2.45, 2.75) is 38.6 Å². The number of benzene rings is 1. The molecule has 1 heterocycles. The van der Waals surface area contributed by atoms with Crippen molar-refractivity contribution in [2.24, 2.45) is 5.92 Å². The Morgan fingerprint density at radius 1 is 1.31 bits per heavy atom. The molecule has 0 atom stereocenters. The van der Waals surface area contributed by atoms with Crippen LogP contribution in [0.15, 0.2) is 30.3 Å². The summed E-state index contributed by atoms with van der Waals surface area (Å²) in [5, 5.41) is 4.84. The average Bonchev–Trinajstić information content (AvgIpc) is 3.52. The summed E-state index contributed by atoms with van der Waals surface area (Å²) < 4.78 is 14.7. The zero-order chi connectivity index (χ0) is 18.3. The molecule has 2 aromatic rings. The molecule has 0 spiro atoms. The number of carbonyl (C=O) groups is 1. The van der Waals surface area contributed by atoms with Crippen molar-refractivity contribution >= 4 is 23.6 Å². The number of hydrogen-bond donors (Lipinski definition) is 0. The highest BCUT2D eigenvalue weighted by molar-refractivity contribution is 6.31. The minimum Gasteiger partial charge on any atom is -0.336 e. The summed E-state index contributed by atoms with van der Waals surface area (Å²) in [6, 6.07) is 6.39. The minimum atomic E-state index is -0.310. The highest BCUT2D eigenvalue weighted by atomic mass is 35.5. The minimum absolute atomic E-state index is 0.0457. The van der Waals surface area contributed by atoms with Crippen LogP contribution in [0.2, 0.25) is 5.15 Å². The van der Waals surface area contributed by atoms with Gasteiger partial charge in [-0.25, -0.2) is 9.07 Å². The largest absolute Gasteiger partial charge is 0.336 e. The van der Waals surface area contributed by atoms with Crippen LogP contribution in [-0.4, -0.2) is 33.2 Å². The van der Waals surface area contributed by atoms with E-state index in [0.29, 0.717) is 28.4 Å². The van der Waals surface area contributed by atoms with Crippen molar-refractivity contribution in [3.8, 4) is 5.69 Å². The summed E-state index contributed by atoms with van der Waals surface area (Å²) in [6.07, 6.45) is 8.02. The van der Waals surface area contributed by atoms with Gasteiger partial charge in [0.15, 0.2) is 0 Å². The number of amides is 1. The third-order valence-corrected chi connectivity index (χ3v) is 5.30. The number of carbonyl (C=O) groups excluding carboxylic acids is 1. The van der Waals surface area contributed by atoms with E-state index in [1.165, 1.54) is 25.0 Å². The number of nitrogens with zero attached hydrogens (tertiary/aromatic N) is 3. The van der Waals surface area contributed by atoms with E-state index >= 15 is 0 Å². The maximum Gasteiger partial charge on any atom is 0.246 e. The number of hydrogen-bond acceptors (Lipinski definition) is 2. The topological polar surface area (TPSA) is 38.1 Å². The zero-order valence-corrected chi connectivity index (χ0v) is 15.4. The normalized spacial score (nSPS) is 17.0. The third kappa shape index (κ3) is 3.68. The summed E-state index contributed by atoms with van der Waals surface area (Å²) in [6.45, 7) is 2.72. The van der Waals surface area contributed by atoms with E-state index in [1.807, 2.05) is 11.8 Å². The Balaban J connectivity index is 1.54. The third-order valence-electron chi connectivity index (χ3n) is 4.93. The highest BCUT2D eigenvalue weighted by Gasteiger charge is 2.35. The quantitative estimate of drug-likeness (QED) is 0.704. The van der Waals surface area contributed by atoms with E-state index in [-0.39, 0.29) is 11.7 Å². The first-order valence-electron chi connectivity index (χ1n) is 9.02. The van der Waals surface area contributed by atoms with Crippen molar-refractivity contribution in [2.75, 3.05) is 6.54 Å².